The Morgan fingerprint density at radius 1 is 1.15 bits per heavy atom. The van der Waals surface area contributed by atoms with Gasteiger partial charge in [-0.05, 0) is 44.4 Å². The van der Waals surface area contributed by atoms with Gasteiger partial charge in [-0.25, -0.2) is 13.1 Å². The van der Waals surface area contributed by atoms with Gasteiger partial charge in [-0.2, -0.15) is 0 Å². The summed E-state index contributed by atoms with van der Waals surface area (Å²) in [4.78, 5) is 26.0. The molecule has 1 aliphatic carbocycles. The number of hydrogen-bond donors (Lipinski definition) is 3. The molecule has 0 aromatic rings. The van der Waals surface area contributed by atoms with Gasteiger partial charge in [-0.15, -0.1) is 12.4 Å². The number of hydrogen-bond acceptors (Lipinski definition) is 5. The van der Waals surface area contributed by atoms with E-state index in [0.717, 1.165) is 25.7 Å². The first-order chi connectivity index (χ1) is 12.3. The second-order valence-electron chi connectivity index (χ2n) is 7.59. The molecular formula is C17H33ClN4O4S. The number of likely N-dealkylation sites (tertiary alicyclic amines) is 1. The molecule has 1 atom stereocenters. The summed E-state index contributed by atoms with van der Waals surface area (Å²) in [6.07, 6.45) is 5.05. The summed E-state index contributed by atoms with van der Waals surface area (Å²) in [5.41, 5.74) is 5.38. The first-order valence-electron chi connectivity index (χ1n) is 9.56. The lowest BCUT2D eigenvalue weighted by Crippen LogP contribution is -2.49. The fourth-order valence-electron chi connectivity index (χ4n) is 3.68. The molecule has 2 aliphatic rings. The third-order valence-corrected chi connectivity index (χ3v) is 6.58. The van der Waals surface area contributed by atoms with Gasteiger partial charge in [0.25, 0.3) is 0 Å². The maximum atomic E-state index is 12.4. The van der Waals surface area contributed by atoms with E-state index in [1.807, 2.05) is 0 Å². The predicted octanol–water partition coefficient (Wildman–Crippen LogP) is 0.220. The van der Waals surface area contributed by atoms with Crippen molar-refractivity contribution in [1.82, 2.24) is 14.9 Å². The van der Waals surface area contributed by atoms with Gasteiger partial charge >= 0.3 is 0 Å². The maximum Gasteiger partial charge on any atom is 0.239 e. The van der Waals surface area contributed by atoms with Gasteiger partial charge in [0.1, 0.15) is 5.75 Å². The Morgan fingerprint density at radius 3 is 2.44 bits per heavy atom. The summed E-state index contributed by atoms with van der Waals surface area (Å²) in [5.74, 6) is -0.762. The first kappa shape index (κ1) is 24.1. The van der Waals surface area contributed by atoms with Crippen molar-refractivity contribution in [2.75, 3.05) is 31.9 Å². The number of sulfonamides is 1. The summed E-state index contributed by atoms with van der Waals surface area (Å²) in [5, 5.41) is 2.73. The highest BCUT2D eigenvalue weighted by Crippen LogP contribution is 2.24. The SMILES string of the molecule is CC1CCC(NS(=O)(=O)CC(=O)N2CCCC(C(=O)NCCN)C2)CC1.Cl. The lowest BCUT2D eigenvalue weighted by molar-refractivity contribution is -0.133. The molecule has 4 N–H and O–H groups in total. The minimum absolute atomic E-state index is 0. The molecule has 0 radical (unpaired) electrons. The summed E-state index contributed by atoms with van der Waals surface area (Å²) < 4.78 is 27.4. The lowest BCUT2D eigenvalue weighted by Gasteiger charge is -2.32. The summed E-state index contributed by atoms with van der Waals surface area (Å²) in [6, 6.07) is -0.0693. The standard InChI is InChI=1S/C17H32N4O4S.ClH/c1-13-4-6-15(7-5-13)20-26(24,25)12-16(22)21-10-2-3-14(11-21)17(23)19-9-8-18;/h13-15,20H,2-12,18H2,1H3,(H,19,23);1H. The highest BCUT2D eigenvalue weighted by Gasteiger charge is 2.31. The highest BCUT2D eigenvalue weighted by atomic mass is 35.5. The average Bonchev–Trinajstić information content (AvgIpc) is 2.61. The number of nitrogens with zero attached hydrogens (tertiary/aromatic N) is 1. The van der Waals surface area contributed by atoms with E-state index >= 15 is 0 Å². The van der Waals surface area contributed by atoms with Crippen molar-refractivity contribution in [2.45, 2.75) is 51.5 Å². The van der Waals surface area contributed by atoms with E-state index in [4.69, 9.17) is 5.73 Å². The van der Waals surface area contributed by atoms with Crippen LogP contribution in [0, 0.1) is 11.8 Å². The molecule has 2 rings (SSSR count). The minimum Gasteiger partial charge on any atom is -0.355 e. The van der Waals surface area contributed by atoms with Crippen LogP contribution in [0.4, 0.5) is 0 Å². The van der Waals surface area contributed by atoms with Crippen LogP contribution < -0.4 is 15.8 Å². The van der Waals surface area contributed by atoms with Crippen LogP contribution in [0.2, 0.25) is 0 Å². The smallest absolute Gasteiger partial charge is 0.239 e. The van der Waals surface area contributed by atoms with Gasteiger partial charge in [-0.3, -0.25) is 9.59 Å². The molecule has 1 saturated carbocycles. The van der Waals surface area contributed by atoms with Crippen LogP contribution in [0.1, 0.15) is 45.4 Å². The molecule has 1 heterocycles. The number of amides is 2. The van der Waals surface area contributed by atoms with Crippen molar-refractivity contribution >= 4 is 34.2 Å². The van der Waals surface area contributed by atoms with Crippen molar-refractivity contribution in [3.8, 4) is 0 Å². The summed E-state index contributed by atoms with van der Waals surface area (Å²) in [7, 11) is -3.66. The van der Waals surface area contributed by atoms with Crippen LogP contribution in [0.5, 0.6) is 0 Å². The van der Waals surface area contributed by atoms with Crippen molar-refractivity contribution < 1.29 is 18.0 Å². The monoisotopic (exact) mass is 424 g/mol. The molecule has 2 amide bonds. The Labute approximate surface area is 168 Å². The Kier molecular flexibility index (Phi) is 10.0. The van der Waals surface area contributed by atoms with Crippen molar-refractivity contribution in [3.63, 3.8) is 0 Å². The maximum absolute atomic E-state index is 12.4. The van der Waals surface area contributed by atoms with Crippen LogP contribution in [0.3, 0.4) is 0 Å². The van der Waals surface area contributed by atoms with Crippen LogP contribution in [0.15, 0.2) is 0 Å². The molecule has 1 saturated heterocycles. The first-order valence-corrected chi connectivity index (χ1v) is 11.2. The normalized spacial score (nSPS) is 26.1. The van der Waals surface area contributed by atoms with Gasteiger partial charge in [0.05, 0.1) is 5.92 Å². The summed E-state index contributed by atoms with van der Waals surface area (Å²) in [6.45, 7) is 3.71. The van der Waals surface area contributed by atoms with Crippen molar-refractivity contribution in [1.29, 1.82) is 0 Å². The Hall–Kier alpha value is -0.900. The molecule has 1 unspecified atom stereocenters. The molecule has 2 fully saturated rings. The van der Waals surface area contributed by atoms with E-state index in [1.54, 1.807) is 0 Å². The number of nitrogens with one attached hydrogen (secondary N) is 2. The van der Waals surface area contributed by atoms with Crippen LogP contribution in [-0.4, -0.2) is 63.1 Å². The van der Waals surface area contributed by atoms with E-state index < -0.39 is 21.7 Å². The molecule has 0 spiro atoms. The molecule has 0 bridgehead atoms. The number of halogens is 1. The second kappa shape index (κ2) is 11.2. The van der Waals surface area contributed by atoms with Crippen LogP contribution in [0.25, 0.3) is 0 Å². The molecular weight excluding hydrogens is 392 g/mol. The fourth-order valence-corrected chi connectivity index (χ4v) is 5.02. The fraction of sp³-hybridized carbons (Fsp3) is 0.882. The predicted molar refractivity (Wildman–Crippen MR) is 107 cm³/mol. The highest BCUT2D eigenvalue weighted by molar-refractivity contribution is 7.90. The molecule has 0 aromatic heterocycles. The van der Waals surface area contributed by atoms with E-state index in [2.05, 4.69) is 17.0 Å². The van der Waals surface area contributed by atoms with Gasteiger partial charge in [-0.1, -0.05) is 6.92 Å². The third kappa shape index (κ3) is 7.93. The van der Waals surface area contributed by atoms with Gasteiger partial charge in [0.2, 0.25) is 21.8 Å². The molecule has 8 nitrogen and oxygen atoms in total. The molecule has 158 valence electrons. The largest absolute Gasteiger partial charge is 0.355 e. The zero-order chi connectivity index (χ0) is 19.2. The Morgan fingerprint density at radius 2 is 1.81 bits per heavy atom. The number of carbonyl (C=O) groups is 2. The molecule has 0 aromatic carbocycles. The second-order valence-corrected chi connectivity index (χ2v) is 9.35. The number of rotatable bonds is 7. The molecule has 10 heteroatoms. The third-order valence-electron chi connectivity index (χ3n) is 5.26. The van der Waals surface area contributed by atoms with Crippen LogP contribution in [-0.2, 0) is 19.6 Å². The zero-order valence-corrected chi connectivity index (χ0v) is 17.6. The molecule has 27 heavy (non-hydrogen) atoms. The van der Waals surface area contributed by atoms with E-state index in [9.17, 15) is 18.0 Å². The van der Waals surface area contributed by atoms with E-state index in [1.165, 1.54) is 4.90 Å². The van der Waals surface area contributed by atoms with E-state index in [-0.39, 0.29) is 36.8 Å². The van der Waals surface area contributed by atoms with Gasteiger partial charge in [0, 0.05) is 32.2 Å². The summed E-state index contributed by atoms with van der Waals surface area (Å²) >= 11 is 0. The quantitative estimate of drug-likeness (QED) is 0.539. The lowest BCUT2D eigenvalue weighted by atomic mass is 9.88. The Balaban J connectivity index is 0.00000364. The molecule has 1 aliphatic heterocycles. The van der Waals surface area contributed by atoms with Gasteiger partial charge in [0.15, 0.2) is 0 Å². The average molecular weight is 425 g/mol. The van der Waals surface area contributed by atoms with Crippen molar-refractivity contribution in [3.05, 3.63) is 0 Å². The van der Waals surface area contributed by atoms with E-state index in [0.29, 0.717) is 38.4 Å². The van der Waals surface area contributed by atoms with Crippen molar-refractivity contribution in [2.24, 2.45) is 17.6 Å². The minimum atomic E-state index is -3.66. The number of nitrogens with two attached hydrogens (primary N) is 1. The van der Waals surface area contributed by atoms with Crippen LogP contribution >= 0.6 is 12.4 Å². The zero-order valence-electron chi connectivity index (χ0n) is 16.0. The Bertz CT molecular complexity index is 594. The number of piperidine rings is 1. The van der Waals surface area contributed by atoms with Gasteiger partial charge < -0.3 is 16.0 Å². The number of carbonyl (C=O) groups excluding carboxylic acids is 2. The topological polar surface area (TPSA) is 122 Å².